The van der Waals surface area contributed by atoms with Gasteiger partial charge in [-0.1, -0.05) is 24.3 Å². The number of alkyl halides is 9. The van der Waals surface area contributed by atoms with Crippen molar-refractivity contribution in [2.75, 3.05) is 21.3 Å². The van der Waals surface area contributed by atoms with Gasteiger partial charge < -0.3 is 13.3 Å². The second-order valence-corrected chi connectivity index (χ2v) is 7.88. The first-order valence-corrected chi connectivity index (χ1v) is 8.33. The summed E-state index contributed by atoms with van der Waals surface area (Å²) in [5.41, 5.74) is -1.75. The van der Waals surface area contributed by atoms with Gasteiger partial charge in [-0.05, 0) is 0 Å². The van der Waals surface area contributed by atoms with Crippen molar-refractivity contribution >= 4 is 14.0 Å². The maximum Gasteiger partial charge on any atom is 0.536 e. The molecule has 0 aliphatic carbocycles. The third kappa shape index (κ3) is 3.32. The molecule has 3 nitrogen and oxygen atoms in total. The van der Waals surface area contributed by atoms with Gasteiger partial charge in [0.05, 0.1) is 0 Å². The minimum Gasteiger partial charge on any atom is -0.373 e. The first-order chi connectivity index (χ1) is 11.6. The fourth-order valence-corrected chi connectivity index (χ4v) is 3.83. The summed E-state index contributed by atoms with van der Waals surface area (Å²) in [6.07, 6.45) is -6.87. The Labute approximate surface area is 143 Å². The molecule has 0 heterocycles. The normalized spacial score (nSPS) is 14.6. The maximum atomic E-state index is 13.8. The molecule has 0 aliphatic rings. The lowest BCUT2D eigenvalue weighted by Gasteiger charge is -2.34. The van der Waals surface area contributed by atoms with Crippen LogP contribution in [0.1, 0.15) is 5.56 Å². The van der Waals surface area contributed by atoms with E-state index in [0.717, 1.165) is 33.5 Å². The van der Waals surface area contributed by atoms with E-state index in [0.29, 0.717) is 0 Å². The van der Waals surface area contributed by atoms with Gasteiger partial charge in [0.25, 0.3) is 0 Å². The zero-order valence-corrected chi connectivity index (χ0v) is 14.4. The Bertz CT molecular complexity index is 604. The van der Waals surface area contributed by atoms with E-state index in [9.17, 15) is 39.5 Å². The molecular weight excluding hydrogens is 403 g/mol. The van der Waals surface area contributed by atoms with Gasteiger partial charge in [-0.3, -0.25) is 0 Å². The first-order valence-electron chi connectivity index (χ1n) is 6.61. The van der Waals surface area contributed by atoms with E-state index in [2.05, 4.69) is 0 Å². The molecule has 0 aliphatic heterocycles. The van der Waals surface area contributed by atoms with Crippen molar-refractivity contribution in [3.05, 3.63) is 29.8 Å². The molecule has 26 heavy (non-hydrogen) atoms. The first kappa shape index (κ1) is 22.7. The Morgan fingerprint density at radius 3 is 1.35 bits per heavy atom. The molecule has 0 amide bonds. The maximum absolute atomic E-state index is 13.8. The molecule has 0 radical (unpaired) electrons. The third-order valence-corrected chi connectivity index (χ3v) is 6.20. The highest BCUT2D eigenvalue weighted by Crippen LogP contribution is 2.56. The summed E-state index contributed by atoms with van der Waals surface area (Å²) in [4.78, 5) is 0. The van der Waals surface area contributed by atoms with Crippen LogP contribution in [0.25, 0.3) is 0 Å². The molecule has 0 N–H and O–H groups in total. The van der Waals surface area contributed by atoms with Crippen LogP contribution in [0.15, 0.2) is 24.3 Å². The van der Waals surface area contributed by atoms with Crippen LogP contribution in [0.5, 0.6) is 0 Å². The van der Waals surface area contributed by atoms with E-state index in [1.807, 2.05) is 0 Å². The van der Waals surface area contributed by atoms with Gasteiger partial charge in [-0.15, -0.1) is 0 Å². The lowest BCUT2D eigenvalue weighted by molar-refractivity contribution is -0.399. The van der Waals surface area contributed by atoms with E-state index in [-0.39, 0.29) is 17.3 Å². The predicted molar refractivity (Wildman–Crippen MR) is 72.7 cm³/mol. The fraction of sp³-hybridized carbons (Fsp3) is 0.538. The Morgan fingerprint density at radius 1 is 0.654 bits per heavy atom. The van der Waals surface area contributed by atoms with Crippen LogP contribution in [0.4, 0.5) is 39.5 Å². The molecule has 0 unspecified atom stereocenters. The van der Waals surface area contributed by atoms with Crippen molar-refractivity contribution in [2.45, 2.75) is 23.9 Å². The summed E-state index contributed by atoms with van der Waals surface area (Å²) >= 11 is 0. The van der Waals surface area contributed by atoms with E-state index >= 15 is 0 Å². The van der Waals surface area contributed by atoms with Crippen molar-refractivity contribution in [3.63, 3.8) is 0 Å². The van der Waals surface area contributed by atoms with E-state index in [1.54, 1.807) is 0 Å². The number of hydrogen-bond acceptors (Lipinski definition) is 3. The van der Waals surface area contributed by atoms with Crippen LogP contribution < -0.4 is 5.19 Å². The molecular formula is C13H13F9O3Si. The molecule has 1 rings (SSSR count). The summed E-state index contributed by atoms with van der Waals surface area (Å²) in [7, 11) is -0.0909. The van der Waals surface area contributed by atoms with Gasteiger partial charge >= 0.3 is 32.7 Å². The van der Waals surface area contributed by atoms with Gasteiger partial charge in [0.2, 0.25) is 0 Å². The Hall–Kier alpha value is -1.31. The minimum atomic E-state index is -6.95. The van der Waals surface area contributed by atoms with Crippen LogP contribution in [0, 0.1) is 0 Å². The van der Waals surface area contributed by atoms with Gasteiger partial charge in [0, 0.05) is 32.1 Å². The van der Waals surface area contributed by atoms with Crippen LogP contribution >= 0.6 is 0 Å². The number of rotatable bonds is 7. The summed E-state index contributed by atoms with van der Waals surface area (Å²) in [5.74, 6) is -19.5. The molecule has 1 aromatic rings. The standard InChI is InChI=1S/C13H13F9O3Si/c1-23-26(24-2,25-3)9-6-4-8(5-7-9)10(14,15)11(16,17)12(18,19)13(20,21)22/h4-7H,1-3H3. The largest absolute Gasteiger partial charge is 0.536 e. The summed E-state index contributed by atoms with van der Waals surface area (Å²) in [6, 6.07) is 2.06. The summed E-state index contributed by atoms with van der Waals surface area (Å²) < 4.78 is 132. The summed E-state index contributed by atoms with van der Waals surface area (Å²) in [6.45, 7) is 0. The SMILES string of the molecule is CO[Si](OC)(OC)c1ccc(C(F)(F)C(F)(F)C(F)(F)C(F)(F)F)cc1. The van der Waals surface area contributed by atoms with Gasteiger partial charge in [0.1, 0.15) is 0 Å². The van der Waals surface area contributed by atoms with Crippen LogP contribution in [0.2, 0.25) is 0 Å². The summed E-state index contributed by atoms with van der Waals surface area (Å²) in [5, 5.41) is -0.00421. The van der Waals surface area contributed by atoms with Crippen LogP contribution in [-0.2, 0) is 19.2 Å². The minimum absolute atomic E-state index is 0.00421. The monoisotopic (exact) mass is 416 g/mol. The van der Waals surface area contributed by atoms with Gasteiger partial charge in [-0.2, -0.15) is 39.5 Å². The quantitative estimate of drug-likeness (QED) is 0.501. The van der Waals surface area contributed by atoms with E-state index < -0.39 is 38.3 Å². The average molecular weight is 416 g/mol. The van der Waals surface area contributed by atoms with Crippen molar-refractivity contribution < 1.29 is 52.8 Å². The predicted octanol–water partition coefficient (Wildman–Crippen LogP) is 3.70. The zero-order chi connectivity index (χ0) is 20.6. The van der Waals surface area contributed by atoms with Crippen molar-refractivity contribution in [2.24, 2.45) is 0 Å². The fourth-order valence-electron chi connectivity index (χ4n) is 2.04. The van der Waals surface area contributed by atoms with Crippen molar-refractivity contribution in [3.8, 4) is 0 Å². The molecule has 0 spiro atoms. The number of halogens is 9. The topological polar surface area (TPSA) is 27.7 Å². The second-order valence-electron chi connectivity index (χ2n) is 4.97. The molecule has 0 saturated heterocycles. The average Bonchev–Trinajstić information content (AvgIpc) is 2.56. The highest BCUT2D eigenvalue weighted by Gasteiger charge is 2.82. The Kier molecular flexibility index (Phi) is 6.13. The lowest BCUT2D eigenvalue weighted by atomic mass is 9.97. The molecule has 1 aromatic carbocycles. The molecule has 0 fully saturated rings. The highest BCUT2D eigenvalue weighted by atomic mass is 28.4. The van der Waals surface area contributed by atoms with E-state index in [4.69, 9.17) is 13.3 Å². The van der Waals surface area contributed by atoms with Crippen molar-refractivity contribution in [1.29, 1.82) is 0 Å². The number of hydrogen-bond donors (Lipinski definition) is 0. The zero-order valence-electron chi connectivity index (χ0n) is 13.4. The van der Waals surface area contributed by atoms with Crippen LogP contribution in [0.3, 0.4) is 0 Å². The lowest BCUT2D eigenvalue weighted by Crippen LogP contribution is -2.59. The third-order valence-electron chi connectivity index (χ3n) is 3.55. The second kappa shape index (κ2) is 7.02. The molecule has 150 valence electrons. The highest BCUT2D eigenvalue weighted by molar-refractivity contribution is 6.75. The van der Waals surface area contributed by atoms with Crippen LogP contribution in [-0.4, -0.2) is 48.2 Å². The Balaban J connectivity index is 3.38. The molecule has 0 bridgehead atoms. The van der Waals surface area contributed by atoms with Gasteiger partial charge in [0.15, 0.2) is 0 Å². The molecule has 0 atom stereocenters. The van der Waals surface area contributed by atoms with E-state index in [1.165, 1.54) is 0 Å². The molecule has 0 aromatic heterocycles. The molecule has 0 saturated carbocycles. The Morgan fingerprint density at radius 2 is 1.04 bits per heavy atom. The smallest absolute Gasteiger partial charge is 0.373 e. The van der Waals surface area contributed by atoms with Gasteiger partial charge in [-0.25, -0.2) is 0 Å². The van der Waals surface area contributed by atoms with Crippen molar-refractivity contribution in [1.82, 2.24) is 0 Å². The number of benzene rings is 1. The molecule has 13 heteroatoms.